The lowest BCUT2D eigenvalue weighted by molar-refractivity contribution is 0.584. The van der Waals surface area contributed by atoms with Crippen LogP contribution in [0.1, 0.15) is 21.8 Å². The Bertz CT molecular complexity index is 1120. The lowest BCUT2D eigenvalue weighted by atomic mass is 10.0. The average Bonchev–Trinajstić information content (AvgIpc) is 3.44. The average molecular weight is 454 g/mol. The van der Waals surface area contributed by atoms with Gasteiger partial charge in [0.1, 0.15) is 17.5 Å². The maximum Gasteiger partial charge on any atom is 0.188 e. The number of hydrogen-bond acceptors (Lipinski definition) is 8. The van der Waals surface area contributed by atoms with Crippen LogP contribution in [0.3, 0.4) is 0 Å². The van der Waals surface area contributed by atoms with Crippen molar-refractivity contribution in [1.29, 1.82) is 0 Å². The van der Waals surface area contributed by atoms with Gasteiger partial charge in [0.05, 0.1) is 10.7 Å². The molecule has 0 radical (unpaired) electrons. The van der Waals surface area contributed by atoms with E-state index in [0.29, 0.717) is 0 Å². The van der Waals surface area contributed by atoms with Gasteiger partial charge in [-0.15, -0.1) is 0 Å². The quantitative estimate of drug-likeness (QED) is 0.534. The second kappa shape index (κ2) is 8.82. The van der Waals surface area contributed by atoms with Crippen molar-refractivity contribution >= 4 is 57.5 Å². The number of rotatable bonds is 5. The highest BCUT2D eigenvalue weighted by molar-refractivity contribution is 7.16. The van der Waals surface area contributed by atoms with Gasteiger partial charge in [-0.2, -0.15) is 0 Å². The van der Waals surface area contributed by atoms with Crippen LogP contribution in [0.25, 0.3) is 12.2 Å². The third-order valence-electron chi connectivity index (χ3n) is 5.43. The minimum Gasteiger partial charge on any atom is -0.383 e. The highest BCUT2D eigenvalue weighted by atomic mass is 35.5. The Balaban J connectivity index is 1.31. The number of halogens is 1. The van der Waals surface area contributed by atoms with E-state index in [-0.39, 0.29) is 0 Å². The monoisotopic (exact) mass is 453 g/mol. The lowest BCUT2D eigenvalue weighted by Crippen LogP contribution is -2.44. The molecule has 0 aliphatic carbocycles. The van der Waals surface area contributed by atoms with E-state index >= 15 is 0 Å². The van der Waals surface area contributed by atoms with Crippen LogP contribution in [0.15, 0.2) is 24.4 Å². The number of thiazole rings is 1. The van der Waals surface area contributed by atoms with Crippen LogP contribution in [0.2, 0.25) is 5.02 Å². The molecule has 0 spiro atoms. The summed E-state index contributed by atoms with van der Waals surface area (Å²) in [4.78, 5) is 17.0. The smallest absolute Gasteiger partial charge is 0.188 e. The number of anilines is 4. The van der Waals surface area contributed by atoms with E-state index in [1.54, 1.807) is 11.3 Å². The Kier molecular flexibility index (Phi) is 5.76. The van der Waals surface area contributed by atoms with Crippen molar-refractivity contribution in [2.75, 3.05) is 48.3 Å². The summed E-state index contributed by atoms with van der Waals surface area (Å²) in [6, 6.07) is 6.02. The molecule has 0 unspecified atom stereocenters. The molecule has 0 atom stereocenters. The number of nitrogens with one attached hydrogen (secondary N) is 3. The molecule has 2 aromatic heterocycles. The van der Waals surface area contributed by atoms with Crippen LogP contribution in [0.5, 0.6) is 0 Å². The number of piperazine rings is 1. The molecular weight excluding hydrogens is 430 g/mol. The second-order valence-corrected chi connectivity index (χ2v) is 9.06. The fourth-order valence-electron chi connectivity index (χ4n) is 3.94. The molecule has 0 saturated carbocycles. The number of aryl methyl sites for hydroxylation is 1. The van der Waals surface area contributed by atoms with Crippen molar-refractivity contribution in [2.45, 2.75) is 13.3 Å². The van der Waals surface area contributed by atoms with Gasteiger partial charge in [-0.3, -0.25) is 0 Å². The summed E-state index contributed by atoms with van der Waals surface area (Å²) < 4.78 is 0. The molecule has 3 aromatic rings. The van der Waals surface area contributed by atoms with Crippen LogP contribution in [0.4, 0.5) is 22.5 Å². The molecule has 2 aliphatic rings. The maximum atomic E-state index is 6.29. The molecule has 3 N–H and O–H groups in total. The number of hydrogen-bond donors (Lipinski definition) is 3. The highest BCUT2D eigenvalue weighted by Gasteiger charge is 2.16. The van der Waals surface area contributed by atoms with Crippen LogP contribution in [-0.4, -0.2) is 47.7 Å². The van der Waals surface area contributed by atoms with E-state index < -0.39 is 0 Å². The zero-order chi connectivity index (χ0) is 21.2. The van der Waals surface area contributed by atoms with Gasteiger partial charge in [-0.25, -0.2) is 15.0 Å². The zero-order valence-electron chi connectivity index (χ0n) is 17.3. The molecule has 4 heterocycles. The normalized spacial score (nSPS) is 15.9. The van der Waals surface area contributed by atoms with E-state index in [4.69, 9.17) is 11.6 Å². The Morgan fingerprint density at radius 1 is 1.16 bits per heavy atom. The summed E-state index contributed by atoms with van der Waals surface area (Å²) in [5, 5.41) is 11.7. The van der Waals surface area contributed by atoms with E-state index in [1.807, 2.05) is 25.3 Å². The Morgan fingerprint density at radius 3 is 2.90 bits per heavy atom. The third kappa shape index (κ3) is 4.51. The van der Waals surface area contributed by atoms with E-state index in [1.165, 1.54) is 11.1 Å². The van der Waals surface area contributed by atoms with Crippen molar-refractivity contribution in [1.82, 2.24) is 20.3 Å². The first kappa shape index (κ1) is 20.2. The molecule has 31 heavy (non-hydrogen) atoms. The topological polar surface area (TPSA) is 78.0 Å². The lowest BCUT2D eigenvalue weighted by Gasteiger charge is -2.28. The van der Waals surface area contributed by atoms with Crippen molar-refractivity contribution in [2.24, 2.45) is 0 Å². The summed E-state index contributed by atoms with van der Waals surface area (Å²) in [6.45, 7) is 6.70. The van der Waals surface area contributed by atoms with E-state index in [0.717, 1.165) is 77.3 Å². The van der Waals surface area contributed by atoms with Gasteiger partial charge in [0.15, 0.2) is 5.13 Å². The largest absolute Gasteiger partial charge is 0.383 e. The number of aromatic nitrogens is 3. The molecule has 1 aromatic carbocycles. The summed E-state index contributed by atoms with van der Waals surface area (Å²) in [7, 11) is 0. The Morgan fingerprint density at radius 2 is 2.03 bits per heavy atom. The SMILES string of the molecule is Cc1nc(Nc2ncc(/C=C/c3ccc(Cl)c4c3CCN4)s2)cc(N2CCNCC2)n1. The summed E-state index contributed by atoms with van der Waals surface area (Å²) in [5.41, 5.74) is 3.54. The minimum absolute atomic E-state index is 0.750. The van der Waals surface area contributed by atoms with Crippen LogP contribution < -0.4 is 20.9 Å². The third-order valence-corrected chi connectivity index (χ3v) is 6.62. The number of fused-ring (bicyclic) bond motifs is 1. The molecule has 7 nitrogen and oxygen atoms in total. The zero-order valence-corrected chi connectivity index (χ0v) is 18.9. The van der Waals surface area contributed by atoms with E-state index in [9.17, 15) is 0 Å². The van der Waals surface area contributed by atoms with Crippen LogP contribution >= 0.6 is 22.9 Å². The van der Waals surface area contributed by atoms with Gasteiger partial charge >= 0.3 is 0 Å². The molecular formula is C22H24ClN7S. The molecule has 2 aliphatic heterocycles. The summed E-state index contributed by atoms with van der Waals surface area (Å²) in [5.74, 6) is 2.48. The highest BCUT2D eigenvalue weighted by Crippen LogP contribution is 2.34. The van der Waals surface area contributed by atoms with Crippen molar-refractivity contribution in [3.63, 3.8) is 0 Å². The van der Waals surface area contributed by atoms with Gasteiger partial charge in [0.25, 0.3) is 0 Å². The predicted molar refractivity (Wildman–Crippen MR) is 130 cm³/mol. The maximum absolute atomic E-state index is 6.29. The van der Waals surface area contributed by atoms with Crippen molar-refractivity contribution < 1.29 is 0 Å². The summed E-state index contributed by atoms with van der Waals surface area (Å²) >= 11 is 7.89. The Hall–Kier alpha value is -2.68. The second-order valence-electron chi connectivity index (χ2n) is 7.59. The first-order valence-corrected chi connectivity index (χ1v) is 11.6. The molecule has 5 rings (SSSR count). The molecule has 160 valence electrons. The predicted octanol–water partition coefficient (Wildman–Crippen LogP) is 4.19. The molecule has 1 saturated heterocycles. The van der Waals surface area contributed by atoms with Crippen LogP contribution in [-0.2, 0) is 6.42 Å². The minimum atomic E-state index is 0.750. The first-order valence-electron chi connectivity index (χ1n) is 10.4. The number of nitrogens with zero attached hydrogens (tertiary/aromatic N) is 4. The number of benzene rings is 1. The van der Waals surface area contributed by atoms with Gasteiger partial charge in [-0.1, -0.05) is 35.1 Å². The van der Waals surface area contributed by atoms with Gasteiger partial charge in [0.2, 0.25) is 0 Å². The van der Waals surface area contributed by atoms with E-state index in [2.05, 4.69) is 54.0 Å². The summed E-state index contributed by atoms with van der Waals surface area (Å²) in [6.07, 6.45) is 7.11. The standard InChI is InChI=1S/C22H24ClN7S/c1-14-27-19(12-20(28-14)30-10-8-24-9-11-30)29-22-26-13-16(31-22)4-2-15-3-5-18(23)21-17(15)6-7-25-21/h2-5,12-13,24-25H,6-11H2,1H3,(H,26,27,28,29)/b4-2+. The van der Waals surface area contributed by atoms with Crippen LogP contribution in [0, 0.1) is 6.92 Å². The fourth-order valence-corrected chi connectivity index (χ4v) is 4.91. The molecule has 0 bridgehead atoms. The van der Waals surface area contributed by atoms with Gasteiger partial charge < -0.3 is 20.9 Å². The fraction of sp³-hybridized carbons (Fsp3) is 0.318. The van der Waals surface area contributed by atoms with Gasteiger partial charge in [0, 0.05) is 49.9 Å². The van der Waals surface area contributed by atoms with Crippen molar-refractivity contribution in [3.05, 3.63) is 51.2 Å². The molecule has 0 amide bonds. The first-order chi connectivity index (χ1) is 15.2. The Labute approximate surface area is 190 Å². The molecule has 9 heteroatoms. The molecule has 1 fully saturated rings. The van der Waals surface area contributed by atoms with Crippen molar-refractivity contribution in [3.8, 4) is 0 Å². The van der Waals surface area contributed by atoms with Gasteiger partial charge in [-0.05, 0) is 36.6 Å².